The van der Waals surface area contributed by atoms with Crippen molar-refractivity contribution in [2.45, 2.75) is 18.6 Å². The molecule has 4 aromatic rings. The molecule has 0 aliphatic heterocycles. The Morgan fingerprint density at radius 1 is 1.10 bits per heavy atom. The molecular formula is C23H21ClN4O2S. The SMILES string of the molecule is Cc1ccccc1-n1c(SCC(=O)N(C)Cc2ccco2)nnc1-c1ccc(Cl)cc1. The molecule has 0 N–H and O–H groups in total. The van der Waals surface area contributed by atoms with Crippen LogP contribution in [0.5, 0.6) is 0 Å². The third-order valence-corrected chi connectivity index (χ3v) is 5.98. The van der Waals surface area contributed by atoms with Gasteiger partial charge in [-0.25, -0.2) is 0 Å². The molecule has 0 bridgehead atoms. The highest BCUT2D eigenvalue weighted by Crippen LogP contribution is 2.30. The van der Waals surface area contributed by atoms with E-state index in [1.807, 2.05) is 72.2 Å². The summed E-state index contributed by atoms with van der Waals surface area (Å²) in [4.78, 5) is 14.3. The highest BCUT2D eigenvalue weighted by molar-refractivity contribution is 7.99. The van der Waals surface area contributed by atoms with Crippen molar-refractivity contribution in [2.24, 2.45) is 0 Å². The first-order valence-corrected chi connectivity index (χ1v) is 11.1. The van der Waals surface area contributed by atoms with Crippen molar-refractivity contribution in [2.75, 3.05) is 12.8 Å². The van der Waals surface area contributed by atoms with E-state index >= 15 is 0 Å². The van der Waals surface area contributed by atoms with Gasteiger partial charge in [0.1, 0.15) is 5.76 Å². The van der Waals surface area contributed by atoms with E-state index in [0.717, 1.165) is 22.6 Å². The van der Waals surface area contributed by atoms with Crippen molar-refractivity contribution in [3.8, 4) is 17.1 Å². The first-order chi connectivity index (χ1) is 15.0. The third kappa shape index (κ3) is 4.84. The molecule has 31 heavy (non-hydrogen) atoms. The van der Waals surface area contributed by atoms with E-state index in [-0.39, 0.29) is 11.7 Å². The highest BCUT2D eigenvalue weighted by Gasteiger charge is 2.19. The van der Waals surface area contributed by atoms with Crippen LogP contribution in [0.25, 0.3) is 17.1 Å². The van der Waals surface area contributed by atoms with Crippen LogP contribution in [-0.4, -0.2) is 38.4 Å². The largest absolute Gasteiger partial charge is 0.467 e. The van der Waals surface area contributed by atoms with E-state index < -0.39 is 0 Å². The zero-order chi connectivity index (χ0) is 21.8. The number of benzene rings is 2. The summed E-state index contributed by atoms with van der Waals surface area (Å²) in [5, 5.41) is 10.1. The molecule has 6 nitrogen and oxygen atoms in total. The summed E-state index contributed by atoms with van der Waals surface area (Å²) < 4.78 is 7.32. The van der Waals surface area contributed by atoms with Crippen molar-refractivity contribution in [1.82, 2.24) is 19.7 Å². The number of hydrogen-bond acceptors (Lipinski definition) is 5. The first-order valence-electron chi connectivity index (χ1n) is 9.69. The molecule has 8 heteroatoms. The number of furan rings is 1. The first kappa shape index (κ1) is 21.2. The summed E-state index contributed by atoms with van der Waals surface area (Å²) in [5.41, 5.74) is 2.95. The molecule has 0 saturated carbocycles. The van der Waals surface area contributed by atoms with Gasteiger partial charge in [0, 0.05) is 17.6 Å². The molecule has 2 aromatic carbocycles. The number of thioether (sulfide) groups is 1. The molecule has 4 rings (SSSR count). The molecule has 0 aliphatic rings. The maximum absolute atomic E-state index is 12.7. The lowest BCUT2D eigenvalue weighted by Gasteiger charge is -2.16. The topological polar surface area (TPSA) is 64.2 Å². The summed E-state index contributed by atoms with van der Waals surface area (Å²) >= 11 is 7.42. The van der Waals surface area contributed by atoms with E-state index in [1.54, 1.807) is 18.2 Å². The van der Waals surface area contributed by atoms with E-state index in [4.69, 9.17) is 16.0 Å². The standard InChI is InChI=1S/C23H21ClN4O2S/c1-16-6-3-4-8-20(16)28-22(17-9-11-18(24)12-10-17)25-26-23(28)31-15-21(29)27(2)14-19-7-5-13-30-19/h3-13H,14-15H2,1-2H3. The maximum Gasteiger partial charge on any atom is 0.233 e. The number of aromatic nitrogens is 3. The number of amides is 1. The Morgan fingerprint density at radius 2 is 1.87 bits per heavy atom. The number of halogens is 1. The van der Waals surface area contributed by atoms with Crippen LogP contribution in [0.4, 0.5) is 0 Å². The second-order valence-corrected chi connectivity index (χ2v) is 8.43. The van der Waals surface area contributed by atoms with Gasteiger partial charge in [-0.3, -0.25) is 9.36 Å². The smallest absolute Gasteiger partial charge is 0.233 e. The fourth-order valence-electron chi connectivity index (χ4n) is 3.14. The van der Waals surface area contributed by atoms with Crippen LogP contribution in [0, 0.1) is 6.92 Å². The Hall–Kier alpha value is -3.03. The third-order valence-electron chi connectivity index (χ3n) is 4.82. The quantitative estimate of drug-likeness (QED) is 0.359. The van der Waals surface area contributed by atoms with Crippen LogP contribution in [0.15, 0.2) is 76.5 Å². The van der Waals surface area contributed by atoms with Gasteiger partial charge in [-0.15, -0.1) is 10.2 Å². The average Bonchev–Trinajstić information content (AvgIpc) is 3.43. The zero-order valence-electron chi connectivity index (χ0n) is 17.2. The highest BCUT2D eigenvalue weighted by atomic mass is 35.5. The zero-order valence-corrected chi connectivity index (χ0v) is 18.7. The Labute approximate surface area is 189 Å². The van der Waals surface area contributed by atoms with Gasteiger partial charge in [0.15, 0.2) is 11.0 Å². The van der Waals surface area contributed by atoms with Crippen molar-refractivity contribution in [3.05, 3.63) is 83.3 Å². The van der Waals surface area contributed by atoms with Gasteiger partial charge >= 0.3 is 0 Å². The monoisotopic (exact) mass is 452 g/mol. The van der Waals surface area contributed by atoms with Crippen LogP contribution in [0.3, 0.4) is 0 Å². The molecule has 0 unspecified atom stereocenters. The van der Waals surface area contributed by atoms with Gasteiger partial charge in [-0.2, -0.15) is 0 Å². The Bertz CT molecular complexity index is 1170. The molecule has 158 valence electrons. The molecule has 2 aromatic heterocycles. The molecule has 0 radical (unpaired) electrons. The van der Waals surface area contributed by atoms with Crippen molar-refractivity contribution in [3.63, 3.8) is 0 Å². The predicted molar refractivity (Wildman–Crippen MR) is 122 cm³/mol. The number of carbonyl (C=O) groups is 1. The van der Waals surface area contributed by atoms with Gasteiger partial charge in [0.05, 0.1) is 24.2 Å². The minimum absolute atomic E-state index is 0.0197. The molecule has 2 heterocycles. The molecule has 0 spiro atoms. The van der Waals surface area contributed by atoms with E-state index in [9.17, 15) is 4.79 Å². The van der Waals surface area contributed by atoms with E-state index in [1.165, 1.54) is 11.8 Å². The summed E-state index contributed by atoms with van der Waals surface area (Å²) in [6.45, 7) is 2.46. The average molecular weight is 453 g/mol. The summed E-state index contributed by atoms with van der Waals surface area (Å²) in [5.74, 6) is 1.66. The van der Waals surface area contributed by atoms with Gasteiger partial charge in [-0.1, -0.05) is 41.6 Å². The van der Waals surface area contributed by atoms with Gasteiger partial charge in [0.2, 0.25) is 5.91 Å². The summed E-state index contributed by atoms with van der Waals surface area (Å²) in [6, 6.07) is 19.2. The van der Waals surface area contributed by atoms with Crippen LogP contribution < -0.4 is 0 Å². The van der Waals surface area contributed by atoms with Crippen LogP contribution >= 0.6 is 23.4 Å². The van der Waals surface area contributed by atoms with E-state index in [2.05, 4.69) is 10.2 Å². The lowest BCUT2D eigenvalue weighted by molar-refractivity contribution is -0.127. The Morgan fingerprint density at radius 3 is 2.58 bits per heavy atom. The molecule has 0 atom stereocenters. The summed E-state index contributed by atoms with van der Waals surface area (Å²) in [6.07, 6.45) is 1.60. The Balaban J connectivity index is 1.61. The molecule has 0 aliphatic carbocycles. The van der Waals surface area contributed by atoms with E-state index in [0.29, 0.717) is 22.5 Å². The van der Waals surface area contributed by atoms with Crippen molar-refractivity contribution in [1.29, 1.82) is 0 Å². The number of hydrogen-bond donors (Lipinski definition) is 0. The number of nitrogens with zero attached hydrogens (tertiary/aromatic N) is 4. The minimum atomic E-state index is -0.0197. The van der Waals surface area contributed by atoms with Gasteiger partial charge < -0.3 is 9.32 Å². The summed E-state index contributed by atoms with van der Waals surface area (Å²) in [7, 11) is 1.76. The number of para-hydroxylation sites is 1. The van der Waals surface area contributed by atoms with Gasteiger partial charge in [0.25, 0.3) is 0 Å². The lowest BCUT2D eigenvalue weighted by Crippen LogP contribution is -2.27. The lowest BCUT2D eigenvalue weighted by atomic mass is 10.1. The number of carbonyl (C=O) groups excluding carboxylic acids is 1. The molecular weight excluding hydrogens is 432 g/mol. The Kier molecular flexibility index (Phi) is 6.44. The fourth-order valence-corrected chi connectivity index (χ4v) is 4.15. The predicted octanol–water partition coefficient (Wildman–Crippen LogP) is 5.24. The molecule has 1 amide bonds. The second kappa shape index (κ2) is 9.41. The van der Waals surface area contributed by atoms with Crippen LogP contribution in [0.1, 0.15) is 11.3 Å². The second-order valence-electron chi connectivity index (χ2n) is 7.05. The van der Waals surface area contributed by atoms with Crippen LogP contribution in [-0.2, 0) is 11.3 Å². The van der Waals surface area contributed by atoms with Gasteiger partial charge in [-0.05, 0) is 55.0 Å². The number of aryl methyl sites for hydroxylation is 1. The fraction of sp³-hybridized carbons (Fsp3) is 0.174. The van der Waals surface area contributed by atoms with Crippen molar-refractivity contribution >= 4 is 29.3 Å². The number of rotatable bonds is 7. The maximum atomic E-state index is 12.7. The minimum Gasteiger partial charge on any atom is -0.467 e. The molecule has 0 saturated heterocycles. The van der Waals surface area contributed by atoms with Crippen LogP contribution in [0.2, 0.25) is 5.02 Å². The van der Waals surface area contributed by atoms with Crippen molar-refractivity contribution < 1.29 is 9.21 Å². The molecule has 0 fully saturated rings. The normalized spacial score (nSPS) is 10.9.